The van der Waals surface area contributed by atoms with Gasteiger partial charge in [-0.2, -0.15) is 4.68 Å². The number of hydrogen-bond acceptors (Lipinski definition) is 5. The summed E-state index contributed by atoms with van der Waals surface area (Å²) in [6, 6.07) is 11.0. The summed E-state index contributed by atoms with van der Waals surface area (Å²) in [5.41, 5.74) is 2.19. The largest absolute Gasteiger partial charge is 0.342 e. The number of aromatic amines is 1. The van der Waals surface area contributed by atoms with Crippen molar-refractivity contribution in [1.29, 1.82) is 0 Å². The summed E-state index contributed by atoms with van der Waals surface area (Å²) in [6.07, 6.45) is 1.34. The molecule has 0 aliphatic rings. The van der Waals surface area contributed by atoms with E-state index in [9.17, 15) is 9.18 Å². The second kappa shape index (κ2) is 6.36. The number of H-pyrrole nitrogens is 1. The highest BCUT2D eigenvalue weighted by Gasteiger charge is 2.19. The number of benzene rings is 2. The molecule has 0 bridgehead atoms. The Hall–Kier alpha value is -3.62. The van der Waals surface area contributed by atoms with Crippen LogP contribution in [0.15, 0.2) is 48.8 Å². The molecule has 26 heavy (non-hydrogen) atoms. The fourth-order valence-corrected chi connectivity index (χ4v) is 2.68. The van der Waals surface area contributed by atoms with Crippen LogP contribution in [-0.2, 0) is 0 Å². The van der Waals surface area contributed by atoms with E-state index in [2.05, 4.69) is 30.8 Å². The Morgan fingerprint density at radius 3 is 2.88 bits per heavy atom. The number of halogens is 1. The zero-order chi connectivity index (χ0) is 18.1. The van der Waals surface area contributed by atoms with Crippen molar-refractivity contribution in [3.8, 4) is 5.69 Å². The fraction of sp³-hybridized carbons (Fsp3) is 0.118. The molecular weight excluding hydrogens is 337 g/mol. The molecule has 8 nitrogen and oxygen atoms in total. The zero-order valence-corrected chi connectivity index (χ0v) is 13.7. The van der Waals surface area contributed by atoms with Crippen LogP contribution in [0.5, 0.6) is 0 Å². The quantitative estimate of drug-likeness (QED) is 0.587. The lowest BCUT2D eigenvalue weighted by Crippen LogP contribution is -2.28. The van der Waals surface area contributed by atoms with Crippen molar-refractivity contribution < 1.29 is 9.18 Å². The Bertz CT molecular complexity index is 1040. The van der Waals surface area contributed by atoms with Crippen molar-refractivity contribution in [2.24, 2.45) is 0 Å². The zero-order valence-electron chi connectivity index (χ0n) is 13.7. The van der Waals surface area contributed by atoms with Gasteiger partial charge in [-0.25, -0.2) is 9.37 Å². The molecule has 1 atom stereocenters. The van der Waals surface area contributed by atoms with E-state index in [-0.39, 0.29) is 5.56 Å². The molecule has 0 unspecified atom stereocenters. The van der Waals surface area contributed by atoms with Crippen molar-refractivity contribution in [2.75, 3.05) is 0 Å². The van der Waals surface area contributed by atoms with E-state index in [1.165, 1.54) is 23.1 Å². The van der Waals surface area contributed by atoms with Gasteiger partial charge in [0.05, 0.1) is 28.3 Å². The van der Waals surface area contributed by atoms with E-state index in [4.69, 9.17) is 0 Å². The molecule has 0 spiro atoms. The Labute approximate surface area is 147 Å². The van der Waals surface area contributed by atoms with Gasteiger partial charge in [0.1, 0.15) is 18.0 Å². The van der Waals surface area contributed by atoms with E-state index in [0.29, 0.717) is 11.5 Å². The standard InChI is InChI=1S/C17H14FN7O/c1-10(16-21-13-4-2-3-5-14(13)22-16)20-17(26)12-8-11(18)6-7-15(12)25-9-19-23-24-25/h2-10H,1H3,(H,20,26)(H,21,22)/t10-/m1/s1. The van der Waals surface area contributed by atoms with Crippen molar-refractivity contribution in [3.63, 3.8) is 0 Å². The van der Waals surface area contributed by atoms with Crippen LogP contribution in [0, 0.1) is 5.82 Å². The number of aromatic nitrogens is 6. The van der Waals surface area contributed by atoms with Crippen molar-refractivity contribution in [1.82, 2.24) is 35.5 Å². The summed E-state index contributed by atoms with van der Waals surface area (Å²) < 4.78 is 15.0. The number of tetrazole rings is 1. The van der Waals surface area contributed by atoms with E-state index < -0.39 is 17.8 Å². The van der Waals surface area contributed by atoms with Crippen LogP contribution >= 0.6 is 0 Å². The summed E-state index contributed by atoms with van der Waals surface area (Å²) in [5.74, 6) is -0.369. The van der Waals surface area contributed by atoms with Crippen LogP contribution in [-0.4, -0.2) is 36.1 Å². The minimum atomic E-state index is -0.525. The summed E-state index contributed by atoms with van der Waals surface area (Å²) in [4.78, 5) is 20.3. The van der Waals surface area contributed by atoms with E-state index in [1.807, 2.05) is 24.3 Å². The predicted octanol–water partition coefficient (Wildman–Crippen LogP) is 2.17. The van der Waals surface area contributed by atoms with Gasteiger partial charge < -0.3 is 10.3 Å². The number of carbonyl (C=O) groups is 1. The van der Waals surface area contributed by atoms with Crippen LogP contribution in [0.3, 0.4) is 0 Å². The maximum atomic E-state index is 13.7. The van der Waals surface area contributed by atoms with Gasteiger partial charge >= 0.3 is 0 Å². The number of nitrogens with zero attached hydrogens (tertiary/aromatic N) is 5. The number of nitrogens with one attached hydrogen (secondary N) is 2. The first kappa shape index (κ1) is 15.9. The molecule has 0 radical (unpaired) electrons. The van der Waals surface area contributed by atoms with E-state index in [1.54, 1.807) is 6.92 Å². The molecular formula is C17H14FN7O. The number of amides is 1. The molecule has 2 aromatic heterocycles. The molecule has 2 N–H and O–H groups in total. The molecule has 0 aliphatic carbocycles. The molecule has 2 aromatic carbocycles. The summed E-state index contributed by atoms with van der Waals surface area (Å²) in [6.45, 7) is 1.80. The van der Waals surface area contributed by atoms with Crippen molar-refractivity contribution in [3.05, 3.63) is 66.0 Å². The van der Waals surface area contributed by atoms with Gasteiger partial charge in [-0.1, -0.05) is 12.1 Å². The average molecular weight is 351 g/mol. The van der Waals surface area contributed by atoms with Gasteiger partial charge in [0.15, 0.2) is 0 Å². The number of fused-ring (bicyclic) bond motifs is 1. The lowest BCUT2D eigenvalue weighted by Gasteiger charge is -2.13. The second-order valence-electron chi connectivity index (χ2n) is 5.75. The number of rotatable bonds is 4. The van der Waals surface area contributed by atoms with Gasteiger partial charge in [-0.05, 0) is 47.7 Å². The first-order chi connectivity index (χ1) is 12.6. The third-order valence-electron chi connectivity index (χ3n) is 3.96. The number of imidazole rings is 1. The number of para-hydroxylation sites is 2. The van der Waals surface area contributed by atoms with Crippen molar-refractivity contribution in [2.45, 2.75) is 13.0 Å². The highest BCUT2D eigenvalue weighted by atomic mass is 19.1. The van der Waals surface area contributed by atoms with Gasteiger partial charge in [0.2, 0.25) is 0 Å². The third kappa shape index (κ3) is 2.90. The monoisotopic (exact) mass is 351 g/mol. The smallest absolute Gasteiger partial charge is 0.254 e. The van der Waals surface area contributed by atoms with Gasteiger partial charge in [0, 0.05) is 0 Å². The second-order valence-corrected chi connectivity index (χ2v) is 5.75. The minimum Gasteiger partial charge on any atom is -0.342 e. The highest BCUT2D eigenvalue weighted by Crippen LogP contribution is 2.19. The van der Waals surface area contributed by atoms with E-state index >= 15 is 0 Å². The summed E-state index contributed by atoms with van der Waals surface area (Å²) >= 11 is 0. The molecule has 0 saturated heterocycles. The molecule has 130 valence electrons. The minimum absolute atomic E-state index is 0.125. The van der Waals surface area contributed by atoms with Crippen LogP contribution in [0.1, 0.15) is 29.1 Å². The summed E-state index contributed by atoms with van der Waals surface area (Å²) in [5, 5.41) is 13.7. The van der Waals surface area contributed by atoms with Crippen molar-refractivity contribution >= 4 is 16.9 Å². The molecule has 4 aromatic rings. The molecule has 0 fully saturated rings. The van der Waals surface area contributed by atoms with Crippen LogP contribution < -0.4 is 5.32 Å². The maximum absolute atomic E-state index is 13.7. The topological polar surface area (TPSA) is 101 Å². The first-order valence-corrected chi connectivity index (χ1v) is 7.90. The van der Waals surface area contributed by atoms with Gasteiger partial charge in [0.25, 0.3) is 5.91 Å². The number of carbonyl (C=O) groups excluding carboxylic acids is 1. The molecule has 0 saturated carbocycles. The highest BCUT2D eigenvalue weighted by molar-refractivity contribution is 5.98. The van der Waals surface area contributed by atoms with Crippen LogP contribution in [0.2, 0.25) is 0 Å². The normalized spacial score (nSPS) is 12.2. The first-order valence-electron chi connectivity index (χ1n) is 7.90. The lowest BCUT2D eigenvalue weighted by atomic mass is 10.1. The van der Waals surface area contributed by atoms with Crippen LogP contribution in [0.25, 0.3) is 16.7 Å². The molecule has 1 amide bonds. The van der Waals surface area contributed by atoms with Gasteiger partial charge in [-0.15, -0.1) is 5.10 Å². The molecule has 0 aliphatic heterocycles. The Balaban J connectivity index is 1.63. The average Bonchev–Trinajstić information content (AvgIpc) is 3.31. The van der Waals surface area contributed by atoms with Crippen LogP contribution in [0.4, 0.5) is 4.39 Å². The summed E-state index contributed by atoms with van der Waals surface area (Å²) in [7, 11) is 0. The van der Waals surface area contributed by atoms with Gasteiger partial charge in [-0.3, -0.25) is 4.79 Å². The third-order valence-corrected chi connectivity index (χ3v) is 3.96. The lowest BCUT2D eigenvalue weighted by molar-refractivity contribution is 0.0938. The Morgan fingerprint density at radius 2 is 2.12 bits per heavy atom. The molecule has 2 heterocycles. The number of hydrogen-bond donors (Lipinski definition) is 2. The SMILES string of the molecule is C[C@@H](NC(=O)c1cc(F)ccc1-n1cnnn1)c1nc2ccccc2[nH]1. The molecule has 4 rings (SSSR count). The van der Waals surface area contributed by atoms with E-state index in [0.717, 1.165) is 17.1 Å². The fourth-order valence-electron chi connectivity index (χ4n) is 2.68. The Kier molecular flexibility index (Phi) is 3.88. The molecule has 9 heteroatoms. The predicted molar refractivity (Wildman–Crippen MR) is 91.1 cm³/mol. The maximum Gasteiger partial charge on any atom is 0.254 e. The Morgan fingerprint density at radius 1 is 1.27 bits per heavy atom.